The highest BCUT2D eigenvalue weighted by atomic mass is 31.2. The minimum absolute atomic E-state index is 0.00476. The number of likely N-dealkylation sites (N-methyl/N-ethyl adjacent to an activating group) is 1. The van der Waals surface area contributed by atoms with E-state index in [1.165, 1.54) is 244 Å². The number of carbonyl (C=O) groups excluding carboxylic acids is 1. The van der Waals surface area contributed by atoms with E-state index in [4.69, 9.17) is 9.05 Å². The van der Waals surface area contributed by atoms with Crippen LogP contribution in [0.4, 0.5) is 0 Å². The van der Waals surface area contributed by atoms with E-state index in [1.54, 1.807) is 6.08 Å². The van der Waals surface area contributed by atoms with Gasteiger partial charge in [-0.05, 0) is 57.8 Å². The first kappa shape index (κ1) is 69.7. The first-order chi connectivity index (χ1) is 34.5. The number of aliphatic hydroxyl groups excluding tert-OH is 1. The van der Waals surface area contributed by atoms with E-state index in [-0.39, 0.29) is 19.1 Å². The molecule has 0 aromatic carbocycles. The molecule has 1 amide bonds. The van der Waals surface area contributed by atoms with E-state index in [0.717, 1.165) is 38.5 Å². The van der Waals surface area contributed by atoms with Crippen molar-refractivity contribution >= 4 is 13.7 Å². The molecule has 0 rings (SSSR count). The molecular weight excluding hydrogens is 900 g/mol. The Morgan fingerprint density at radius 1 is 0.479 bits per heavy atom. The summed E-state index contributed by atoms with van der Waals surface area (Å²) in [5.74, 6) is -0.202. The molecule has 0 aliphatic heterocycles. The molecular formula is C62H121N2O6P. The van der Waals surface area contributed by atoms with Crippen LogP contribution in [0.25, 0.3) is 0 Å². The normalized spacial score (nSPS) is 14.1. The number of hydrogen-bond acceptors (Lipinski definition) is 6. The molecule has 8 nitrogen and oxygen atoms in total. The van der Waals surface area contributed by atoms with E-state index >= 15 is 0 Å². The summed E-state index contributed by atoms with van der Waals surface area (Å²) in [5.41, 5.74) is 0. The summed E-state index contributed by atoms with van der Waals surface area (Å²) in [4.78, 5) is 25.5. The molecule has 0 fully saturated rings. The summed E-state index contributed by atoms with van der Waals surface area (Å²) < 4.78 is 23.4. The Kier molecular flexibility index (Phi) is 52.6. The number of aliphatic hydroxyl groups is 1. The third kappa shape index (κ3) is 56.3. The number of rotatable bonds is 57. The molecule has 0 saturated carbocycles. The van der Waals surface area contributed by atoms with Crippen molar-refractivity contribution in [2.45, 2.75) is 315 Å². The van der Waals surface area contributed by atoms with Gasteiger partial charge in [-0.15, -0.1) is 0 Å². The van der Waals surface area contributed by atoms with Crippen molar-refractivity contribution in [2.24, 2.45) is 0 Å². The zero-order valence-corrected chi connectivity index (χ0v) is 48.8. The fourth-order valence-corrected chi connectivity index (χ4v) is 9.95. The monoisotopic (exact) mass is 1020 g/mol. The Morgan fingerprint density at radius 3 is 1.14 bits per heavy atom. The van der Waals surface area contributed by atoms with Crippen molar-refractivity contribution in [1.82, 2.24) is 5.32 Å². The SMILES string of the molecule is CCCCCCCCCC/C=C\CCCCCCCCCCCCCCCCCCCCCC(=O)NC(COP(=O)([O-])OCC[N+](C)(C)C)C(O)/C=C/CC/C=C/CCCCCCCCCCCCCC. The zero-order chi connectivity index (χ0) is 52.0. The third-order valence-electron chi connectivity index (χ3n) is 14.1. The standard InChI is InChI=1S/C62H121N2O6P/c1-6-8-10-12-14-16-18-20-22-24-26-27-28-29-30-31-32-33-34-35-36-37-38-40-42-44-46-48-50-52-54-56-62(66)63-60(59-70-71(67,68)69-58-57-64(3,4)5)61(65)55-53-51-49-47-45-43-41-39-25-23-21-19-17-15-13-11-9-7-2/h24,26,45,47,53,55,60-61,65H,6-23,25,27-44,46,48-52,54,56-59H2,1-5H3,(H-,63,66,67,68)/b26-24-,47-45+,55-53+. The highest BCUT2D eigenvalue weighted by Gasteiger charge is 2.23. The quantitative estimate of drug-likeness (QED) is 0.0272. The summed E-state index contributed by atoms with van der Waals surface area (Å²) in [6.07, 6.45) is 69.6. The molecule has 420 valence electrons. The van der Waals surface area contributed by atoms with Crippen molar-refractivity contribution in [3.8, 4) is 0 Å². The topological polar surface area (TPSA) is 108 Å². The molecule has 0 radical (unpaired) electrons. The lowest BCUT2D eigenvalue weighted by Crippen LogP contribution is -2.45. The highest BCUT2D eigenvalue weighted by Crippen LogP contribution is 2.38. The van der Waals surface area contributed by atoms with Crippen molar-refractivity contribution < 1.29 is 32.9 Å². The van der Waals surface area contributed by atoms with Crippen LogP contribution in [0.1, 0.15) is 303 Å². The first-order valence-electron chi connectivity index (χ1n) is 30.9. The predicted molar refractivity (Wildman–Crippen MR) is 307 cm³/mol. The molecule has 3 unspecified atom stereocenters. The van der Waals surface area contributed by atoms with Crippen LogP contribution in [0.15, 0.2) is 36.5 Å². The molecule has 0 heterocycles. The van der Waals surface area contributed by atoms with Gasteiger partial charge in [-0.25, -0.2) is 0 Å². The molecule has 0 aromatic heterocycles. The average molecular weight is 1020 g/mol. The summed E-state index contributed by atoms with van der Waals surface area (Å²) in [6.45, 7) is 4.66. The number of phosphoric acid groups is 1. The van der Waals surface area contributed by atoms with Gasteiger partial charge in [0.25, 0.3) is 7.82 Å². The van der Waals surface area contributed by atoms with Crippen LogP contribution < -0.4 is 10.2 Å². The van der Waals surface area contributed by atoms with Gasteiger partial charge in [0.1, 0.15) is 13.2 Å². The smallest absolute Gasteiger partial charge is 0.268 e. The Bertz CT molecular complexity index is 1250. The number of nitrogens with zero attached hydrogens (tertiary/aromatic N) is 1. The number of hydrogen-bond donors (Lipinski definition) is 2. The van der Waals surface area contributed by atoms with Crippen LogP contribution in [-0.4, -0.2) is 68.5 Å². The molecule has 9 heteroatoms. The number of amides is 1. The predicted octanol–water partition coefficient (Wildman–Crippen LogP) is 18.3. The molecule has 0 aliphatic rings. The van der Waals surface area contributed by atoms with Crippen molar-refractivity contribution in [3.63, 3.8) is 0 Å². The number of unbranched alkanes of at least 4 members (excludes halogenated alkanes) is 40. The maximum absolute atomic E-state index is 13.0. The number of allylic oxidation sites excluding steroid dienone is 5. The van der Waals surface area contributed by atoms with Crippen LogP contribution in [0.3, 0.4) is 0 Å². The maximum atomic E-state index is 13.0. The lowest BCUT2D eigenvalue weighted by molar-refractivity contribution is -0.870. The summed E-state index contributed by atoms with van der Waals surface area (Å²) in [6, 6.07) is -0.902. The second kappa shape index (κ2) is 53.5. The average Bonchev–Trinajstić information content (AvgIpc) is 3.33. The van der Waals surface area contributed by atoms with Gasteiger partial charge in [0.2, 0.25) is 5.91 Å². The van der Waals surface area contributed by atoms with E-state index in [2.05, 4.69) is 43.5 Å². The summed E-state index contributed by atoms with van der Waals surface area (Å²) in [7, 11) is 1.25. The number of phosphoric ester groups is 1. The van der Waals surface area contributed by atoms with E-state index in [9.17, 15) is 19.4 Å². The molecule has 0 aliphatic carbocycles. The van der Waals surface area contributed by atoms with Gasteiger partial charge in [0, 0.05) is 6.42 Å². The molecule has 0 bridgehead atoms. The Balaban J connectivity index is 4.09. The van der Waals surface area contributed by atoms with Crippen LogP contribution in [-0.2, 0) is 18.4 Å². The molecule has 71 heavy (non-hydrogen) atoms. The second-order valence-corrected chi connectivity index (χ2v) is 23.8. The molecule has 0 spiro atoms. The van der Waals surface area contributed by atoms with E-state index in [0.29, 0.717) is 17.4 Å². The van der Waals surface area contributed by atoms with Crippen molar-refractivity contribution in [1.29, 1.82) is 0 Å². The van der Waals surface area contributed by atoms with Crippen LogP contribution in [0.2, 0.25) is 0 Å². The lowest BCUT2D eigenvalue weighted by atomic mass is 10.0. The van der Waals surface area contributed by atoms with Gasteiger partial charge >= 0.3 is 0 Å². The Morgan fingerprint density at radius 2 is 0.789 bits per heavy atom. The minimum atomic E-state index is -4.60. The summed E-state index contributed by atoms with van der Waals surface area (Å²) in [5, 5.41) is 13.9. The number of quaternary nitrogens is 1. The zero-order valence-electron chi connectivity index (χ0n) is 47.9. The van der Waals surface area contributed by atoms with Gasteiger partial charge in [-0.2, -0.15) is 0 Å². The van der Waals surface area contributed by atoms with E-state index in [1.807, 2.05) is 27.2 Å². The van der Waals surface area contributed by atoms with Crippen molar-refractivity contribution in [2.75, 3.05) is 40.9 Å². The molecule has 0 aromatic rings. The Hall–Kier alpha value is -1.28. The Labute approximate surface area is 442 Å². The van der Waals surface area contributed by atoms with Gasteiger partial charge in [0.05, 0.1) is 39.9 Å². The fourth-order valence-electron chi connectivity index (χ4n) is 9.23. The van der Waals surface area contributed by atoms with Crippen LogP contribution >= 0.6 is 7.82 Å². The number of carbonyl (C=O) groups is 1. The van der Waals surface area contributed by atoms with Crippen molar-refractivity contribution in [3.05, 3.63) is 36.5 Å². The van der Waals surface area contributed by atoms with Gasteiger partial charge in [-0.1, -0.05) is 275 Å². The van der Waals surface area contributed by atoms with Crippen LogP contribution in [0, 0.1) is 0 Å². The largest absolute Gasteiger partial charge is 0.756 e. The lowest BCUT2D eigenvalue weighted by Gasteiger charge is -2.29. The highest BCUT2D eigenvalue weighted by molar-refractivity contribution is 7.45. The second-order valence-electron chi connectivity index (χ2n) is 22.4. The first-order valence-corrected chi connectivity index (χ1v) is 32.3. The van der Waals surface area contributed by atoms with Gasteiger partial charge < -0.3 is 28.8 Å². The third-order valence-corrected chi connectivity index (χ3v) is 15.0. The molecule has 2 N–H and O–H groups in total. The van der Waals surface area contributed by atoms with Crippen LogP contribution in [0.5, 0.6) is 0 Å². The van der Waals surface area contributed by atoms with E-state index < -0.39 is 20.0 Å². The number of nitrogens with one attached hydrogen (secondary N) is 1. The maximum Gasteiger partial charge on any atom is 0.268 e. The molecule has 0 saturated heterocycles. The van der Waals surface area contributed by atoms with Gasteiger partial charge in [-0.3, -0.25) is 9.36 Å². The fraction of sp³-hybridized carbons (Fsp3) is 0.887. The minimum Gasteiger partial charge on any atom is -0.756 e. The summed E-state index contributed by atoms with van der Waals surface area (Å²) >= 11 is 0. The van der Waals surface area contributed by atoms with Gasteiger partial charge in [0.15, 0.2) is 0 Å². The molecule has 3 atom stereocenters.